The average molecular weight is 342 g/mol. The number of halogens is 1. The van der Waals surface area contributed by atoms with Crippen molar-refractivity contribution in [2.45, 2.75) is 37.9 Å². The highest BCUT2D eigenvalue weighted by atomic mass is 79.9. The Balaban J connectivity index is 2.45. The van der Waals surface area contributed by atoms with E-state index in [1.54, 1.807) is 20.0 Å². The molecular weight excluding hydrogens is 326 g/mol. The van der Waals surface area contributed by atoms with Gasteiger partial charge in [0.1, 0.15) is 10.4 Å². The minimum Gasteiger partial charge on any atom is -0.246 e. The van der Waals surface area contributed by atoms with Gasteiger partial charge in [0.25, 0.3) is 0 Å². The molecule has 0 radical (unpaired) electrons. The largest absolute Gasteiger partial charge is 0.246 e. The van der Waals surface area contributed by atoms with Crippen molar-refractivity contribution in [2.24, 2.45) is 0 Å². The fourth-order valence-electron chi connectivity index (χ4n) is 1.96. The van der Waals surface area contributed by atoms with Gasteiger partial charge in [-0.1, -0.05) is 5.92 Å². The normalized spacial score (nSPS) is 14.7. The molecule has 3 nitrogen and oxygen atoms in total. The first-order chi connectivity index (χ1) is 8.72. The molecule has 2 rings (SSSR count). The molecular formula is C14H16BrNO2S. The van der Waals surface area contributed by atoms with E-state index in [0.29, 0.717) is 5.69 Å². The monoisotopic (exact) mass is 341 g/mol. The zero-order valence-electron chi connectivity index (χ0n) is 11.2. The van der Waals surface area contributed by atoms with E-state index in [2.05, 4.69) is 32.8 Å². The van der Waals surface area contributed by atoms with Crippen LogP contribution in [-0.4, -0.2) is 24.4 Å². The number of aromatic nitrogens is 1. The third-order valence-corrected chi connectivity index (χ3v) is 6.15. The topological polar surface area (TPSA) is 47.0 Å². The Kier molecular flexibility index (Phi) is 3.76. The van der Waals surface area contributed by atoms with Crippen molar-refractivity contribution in [1.29, 1.82) is 0 Å². The summed E-state index contributed by atoms with van der Waals surface area (Å²) >= 11 is 3.50. The van der Waals surface area contributed by atoms with Crippen LogP contribution < -0.4 is 0 Å². The first kappa shape index (κ1) is 14.5. The number of sulfone groups is 1. The van der Waals surface area contributed by atoms with Gasteiger partial charge in [-0.25, -0.2) is 13.4 Å². The molecule has 0 aromatic carbocycles. The molecule has 0 aliphatic heterocycles. The Bertz CT molecular complexity index is 681. The van der Waals surface area contributed by atoms with Crippen molar-refractivity contribution in [3.63, 3.8) is 0 Å². The lowest BCUT2D eigenvalue weighted by molar-refractivity contribution is 0.581. The molecule has 0 bridgehead atoms. The van der Waals surface area contributed by atoms with Gasteiger partial charge in [-0.3, -0.25) is 0 Å². The molecule has 102 valence electrons. The van der Waals surface area contributed by atoms with Gasteiger partial charge in [-0.15, -0.1) is 0 Å². The third-order valence-electron chi connectivity index (χ3n) is 3.51. The van der Waals surface area contributed by atoms with Crippen LogP contribution in [-0.2, 0) is 22.7 Å². The third kappa shape index (κ3) is 2.85. The summed E-state index contributed by atoms with van der Waals surface area (Å²) < 4.78 is 23.2. The lowest BCUT2D eigenvalue weighted by Crippen LogP contribution is -2.28. The molecule has 0 saturated carbocycles. The number of nitrogens with zero attached hydrogens (tertiary/aromatic N) is 1. The van der Waals surface area contributed by atoms with Crippen LogP contribution in [0.4, 0.5) is 0 Å². The van der Waals surface area contributed by atoms with Crippen molar-refractivity contribution in [2.75, 3.05) is 6.26 Å². The molecule has 0 spiro atoms. The Morgan fingerprint density at radius 3 is 2.58 bits per heavy atom. The van der Waals surface area contributed by atoms with Crippen LogP contribution in [0.5, 0.6) is 0 Å². The zero-order chi connectivity index (χ0) is 14.3. The van der Waals surface area contributed by atoms with Crippen LogP contribution in [0.25, 0.3) is 0 Å². The first-order valence-corrected chi connectivity index (χ1v) is 8.80. The second-order valence-electron chi connectivity index (χ2n) is 5.30. The Hall–Kier alpha value is -0.860. The molecule has 5 heteroatoms. The molecule has 0 saturated heterocycles. The number of hydrogen-bond donors (Lipinski definition) is 0. The van der Waals surface area contributed by atoms with Crippen LogP contribution >= 0.6 is 15.9 Å². The van der Waals surface area contributed by atoms with E-state index >= 15 is 0 Å². The second kappa shape index (κ2) is 4.92. The van der Waals surface area contributed by atoms with E-state index in [0.717, 1.165) is 29.3 Å². The summed E-state index contributed by atoms with van der Waals surface area (Å²) in [4.78, 5) is 4.32. The van der Waals surface area contributed by atoms with Crippen molar-refractivity contribution < 1.29 is 8.42 Å². The van der Waals surface area contributed by atoms with Gasteiger partial charge in [-0.05, 0) is 66.1 Å². The lowest BCUT2D eigenvalue weighted by atomic mass is 10.1. The summed E-state index contributed by atoms with van der Waals surface area (Å²) in [5, 5.41) is 0. The highest BCUT2D eigenvalue weighted by molar-refractivity contribution is 9.10. The van der Waals surface area contributed by atoms with Gasteiger partial charge in [0.15, 0.2) is 9.84 Å². The average Bonchev–Trinajstić information content (AvgIpc) is 2.76. The van der Waals surface area contributed by atoms with Crippen molar-refractivity contribution >= 4 is 25.8 Å². The molecule has 0 fully saturated rings. The molecule has 0 amide bonds. The van der Waals surface area contributed by atoms with Gasteiger partial charge in [0.2, 0.25) is 0 Å². The number of hydrogen-bond acceptors (Lipinski definition) is 3. The number of rotatable bonds is 1. The molecule has 1 aliphatic rings. The molecule has 19 heavy (non-hydrogen) atoms. The van der Waals surface area contributed by atoms with Crippen LogP contribution in [0, 0.1) is 11.8 Å². The van der Waals surface area contributed by atoms with Gasteiger partial charge in [0, 0.05) is 16.9 Å². The summed E-state index contributed by atoms with van der Waals surface area (Å²) in [6.07, 6.45) is 6.06. The predicted octanol–water partition coefficient (Wildman–Crippen LogP) is 2.51. The maximum absolute atomic E-state index is 11.6. The maximum Gasteiger partial charge on any atom is 0.163 e. The SMILES string of the molecule is CC(C)(C#Cc1ncc(Br)c2c1CCC2)S(C)(=O)=O. The summed E-state index contributed by atoms with van der Waals surface area (Å²) in [6, 6.07) is 0. The predicted molar refractivity (Wildman–Crippen MR) is 79.8 cm³/mol. The van der Waals surface area contributed by atoms with E-state index in [1.165, 1.54) is 11.8 Å². The van der Waals surface area contributed by atoms with Crippen molar-refractivity contribution in [3.05, 3.63) is 27.5 Å². The van der Waals surface area contributed by atoms with Gasteiger partial charge in [0.05, 0.1) is 0 Å². The molecule has 0 unspecified atom stereocenters. The van der Waals surface area contributed by atoms with Gasteiger partial charge < -0.3 is 0 Å². The fraction of sp³-hybridized carbons (Fsp3) is 0.500. The van der Waals surface area contributed by atoms with Crippen LogP contribution in [0.15, 0.2) is 10.7 Å². The van der Waals surface area contributed by atoms with Crippen LogP contribution in [0.3, 0.4) is 0 Å². The van der Waals surface area contributed by atoms with Crippen molar-refractivity contribution in [3.8, 4) is 11.8 Å². The molecule has 0 N–H and O–H groups in total. The molecule has 0 atom stereocenters. The summed E-state index contributed by atoms with van der Waals surface area (Å²) in [6.45, 7) is 3.24. The molecule has 1 aromatic heterocycles. The standard InChI is InChI=1S/C14H16BrNO2S/c1-14(2,19(3,17)18)8-7-13-11-6-4-5-10(11)12(15)9-16-13/h9H,4-6H2,1-3H3. The van der Waals surface area contributed by atoms with E-state index in [1.807, 2.05) is 0 Å². The molecule has 1 heterocycles. The van der Waals surface area contributed by atoms with E-state index in [-0.39, 0.29) is 0 Å². The minimum atomic E-state index is -3.21. The van der Waals surface area contributed by atoms with E-state index in [4.69, 9.17) is 0 Å². The Morgan fingerprint density at radius 1 is 1.32 bits per heavy atom. The quantitative estimate of drug-likeness (QED) is 0.737. The Morgan fingerprint density at radius 2 is 1.95 bits per heavy atom. The van der Waals surface area contributed by atoms with Gasteiger partial charge >= 0.3 is 0 Å². The van der Waals surface area contributed by atoms with Crippen LogP contribution in [0.1, 0.15) is 37.1 Å². The van der Waals surface area contributed by atoms with Gasteiger partial charge in [-0.2, -0.15) is 0 Å². The summed E-state index contributed by atoms with van der Waals surface area (Å²) in [5.74, 6) is 5.81. The van der Waals surface area contributed by atoms with E-state index in [9.17, 15) is 8.42 Å². The van der Waals surface area contributed by atoms with Crippen molar-refractivity contribution in [1.82, 2.24) is 4.98 Å². The number of fused-ring (bicyclic) bond motifs is 1. The number of pyridine rings is 1. The highest BCUT2D eigenvalue weighted by Crippen LogP contribution is 2.30. The van der Waals surface area contributed by atoms with Crippen LogP contribution in [0.2, 0.25) is 0 Å². The lowest BCUT2D eigenvalue weighted by Gasteiger charge is -2.14. The summed E-state index contributed by atoms with van der Waals surface area (Å²) in [5.41, 5.74) is 3.13. The zero-order valence-corrected chi connectivity index (χ0v) is 13.7. The summed E-state index contributed by atoms with van der Waals surface area (Å²) in [7, 11) is -3.21. The minimum absolute atomic E-state index is 0.715. The maximum atomic E-state index is 11.6. The van der Waals surface area contributed by atoms with E-state index < -0.39 is 14.6 Å². The first-order valence-electron chi connectivity index (χ1n) is 6.11. The molecule has 1 aliphatic carbocycles. The highest BCUT2D eigenvalue weighted by Gasteiger charge is 2.28. The fourth-order valence-corrected chi connectivity index (χ4v) is 2.73. The Labute approximate surface area is 122 Å². The molecule has 1 aromatic rings. The second-order valence-corrected chi connectivity index (χ2v) is 8.72. The smallest absolute Gasteiger partial charge is 0.163 e.